The summed E-state index contributed by atoms with van der Waals surface area (Å²) in [5.41, 5.74) is 0.762. The molecule has 0 radical (unpaired) electrons. The molecule has 4 aromatic rings. The summed E-state index contributed by atoms with van der Waals surface area (Å²) in [5.74, 6) is 1.15. The molecule has 0 spiro atoms. The first-order valence-corrected chi connectivity index (χ1v) is 12.0. The minimum Gasteiger partial charge on any atom is -0.393 e. The van der Waals surface area contributed by atoms with Crippen LogP contribution >= 0.6 is 0 Å². The summed E-state index contributed by atoms with van der Waals surface area (Å²) >= 11 is 0. The lowest BCUT2D eigenvalue weighted by molar-refractivity contribution is -0.136. The van der Waals surface area contributed by atoms with E-state index >= 15 is 0 Å². The first kappa shape index (κ1) is 21.6. The number of aliphatic hydroxyl groups is 1. The van der Waals surface area contributed by atoms with Crippen LogP contribution in [0.4, 0.5) is 13.2 Å². The number of nitrogens with zero attached hydrogens (tertiary/aromatic N) is 4. The molecule has 0 aliphatic heterocycles. The quantitative estimate of drug-likeness (QED) is 0.379. The largest absolute Gasteiger partial charge is 0.420 e. The van der Waals surface area contributed by atoms with E-state index in [0.717, 1.165) is 49.4 Å². The van der Waals surface area contributed by atoms with Crippen LogP contribution in [0.2, 0.25) is 0 Å². The summed E-state index contributed by atoms with van der Waals surface area (Å²) in [4.78, 5) is 0. The molecule has 2 aliphatic rings. The molecule has 0 amide bonds. The van der Waals surface area contributed by atoms with E-state index in [-0.39, 0.29) is 23.2 Å². The molecule has 2 saturated carbocycles. The van der Waals surface area contributed by atoms with Crippen LogP contribution in [-0.4, -0.2) is 30.4 Å². The van der Waals surface area contributed by atoms with Gasteiger partial charge in [0.2, 0.25) is 0 Å². The van der Waals surface area contributed by atoms with Gasteiger partial charge in [0.25, 0.3) is 0 Å². The third-order valence-electron chi connectivity index (χ3n) is 7.72. The van der Waals surface area contributed by atoms with Crippen LogP contribution in [0, 0.1) is 5.92 Å². The highest BCUT2D eigenvalue weighted by atomic mass is 19.4. The lowest BCUT2D eigenvalue weighted by Gasteiger charge is -2.27. The number of rotatable bonds is 4. The molecule has 5 nitrogen and oxygen atoms in total. The highest BCUT2D eigenvalue weighted by Crippen LogP contribution is 2.44. The molecule has 0 bridgehead atoms. The summed E-state index contributed by atoms with van der Waals surface area (Å²) in [6.45, 7) is 2.01. The van der Waals surface area contributed by atoms with Crippen molar-refractivity contribution in [2.24, 2.45) is 5.92 Å². The Morgan fingerprint density at radius 2 is 1.74 bits per heavy atom. The number of benzene rings is 1. The SMILES string of the molecule is CC(c1nnc2c(C(F)(F)F)c(-c3ccc4c(ccn4[C@H]4CC[C@H](O)CC4)c3)ccn12)C1CC1. The highest BCUT2D eigenvalue weighted by Gasteiger charge is 2.39. The van der Waals surface area contributed by atoms with E-state index in [2.05, 4.69) is 14.8 Å². The molecule has 1 aromatic carbocycles. The third kappa shape index (κ3) is 3.59. The summed E-state index contributed by atoms with van der Waals surface area (Å²) in [6.07, 6.45) is 4.41. The number of fused-ring (bicyclic) bond motifs is 2. The number of alkyl halides is 3. The Bertz CT molecular complexity index is 1360. The van der Waals surface area contributed by atoms with Crippen molar-refractivity contribution in [1.29, 1.82) is 0 Å². The minimum absolute atomic E-state index is 0.0824. The standard InChI is InChI=1S/C26H27F3N4O/c1-15(16-2-3-16)24-30-31-25-23(26(27,28)29)21(11-13-33(24)25)17-4-9-22-18(14-17)10-12-32(22)19-5-7-20(34)8-6-19/h4,9-16,19-20,34H,2-3,5-8H2,1H3/t15?,19-,20-. The molecule has 1 N–H and O–H groups in total. The Balaban J connectivity index is 1.43. The van der Waals surface area contributed by atoms with Crippen LogP contribution in [0.1, 0.15) is 68.8 Å². The fourth-order valence-corrected chi connectivity index (χ4v) is 5.60. The van der Waals surface area contributed by atoms with Gasteiger partial charge in [-0.3, -0.25) is 4.40 Å². The van der Waals surface area contributed by atoms with Gasteiger partial charge in [-0.2, -0.15) is 13.2 Å². The first-order chi connectivity index (χ1) is 16.3. The fourth-order valence-electron chi connectivity index (χ4n) is 5.60. The molecule has 2 aliphatic carbocycles. The molecule has 0 saturated heterocycles. The monoisotopic (exact) mass is 468 g/mol. The van der Waals surface area contributed by atoms with Gasteiger partial charge in [-0.1, -0.05) is 13.0 Å². The Labute approximate surface area is 195 Å². The Hall–Kier alpha value is -2.87. The minimum atomic E-state index is -4.56. The Morgan fingerprint density at radius 3 is 2.44 bits per heavy atom. The van der Waals surface area contributed by atoms with Gasteiger partial charge in [0.1, 0.15) is 11.4 Å². The number of halogens is 3. The van der Waals surface area contributed by atoms with Crippen molar-refractivity contribution in [2.45, 2.75) is 69.7 Å². The fraction of sp³-hybridized carbons (Fsp3) is 0.462. The van der Waals surface area contributed by atoms with Crippen LogP contribution < -0.4 is 0 Å². The van der Waals surface area contributed by atoms with E-state index in [1.165, 1.54) is 4.40 Å². The average Bonchev–Trinajstić information content (AvgIpc) is 3.44. The Morgan fingerprint density at radius 1 is 0.971 bits per heavy atom. The van der Waals surface area contributed by atoms with E-state index in [9.17, 15) is 18.3 Å². The van der Waals surface area contributed by atoms with Gasteiger partial charge >= 0.3 is 6.18 Å². The Kier molecular flexibility index (Phi) is 4.99. The van der Waals surface area contributed by atoms with Crippen molar-refractivity contribution >= 4 is 16.6 Å². The normalized spacial score (nSPS) is 22.5. The number of aromatic nitrogens is 4. The molecule has 3 aromatic heterocycles. The van der Waals surface area contributed by atoms with Crippen molar-refractivity contribution < 1.29 is 18.3 Å². The first-order valence-electron chi connectivity index (χ1n) is 12.0. The van der Waals surface area contributed by atoms with E-state index in [0.29, 0.717) is 23.3 Å². The summed E-state index contributed by atoms with van der Waals surface area (Å²) in [7, 11) is 0. The van der Waals surface area contributed by atoms with Gasteiger partial charge in [0, 0.05) is 35.3 Å². The molecule has 1 unspecified atom stereocenters. The maximum Gasteiger partial charge on any atom is 0.420 e. The molecular weight excluding hydrogens is 441 g/mol. The van der Waals surface area contributed by atoms with Crippen molar-refractivity contribution in [2.75, 3.05) is 0 Å². The molecule has 6 rings (SSSR count). The van der Waals surface area contributed by atoms with Crippen molar-refractivity contribution in [3.63, 3.8) is 0 Å². The van der Waals surface area contributed by atoms with Crippen molar-refractivity contribution in [3.05, 3.63) is 54.1 Å². The molecule has 34 heavy (non-hydrogen) atoms. The zero-order valence-electron chi connectivity index (χ0n) is 19.0. The molecular formula is C26H27F3N4O. The van der Waals surface area contributed by atoms with Crippen molar-refractivity contribution in [1.82, 2.24) is 19.2 Å². The number of hydrogen-bond acceptors (Lipinski definition) is 3. The molecule has 3 heterocycles. The van der Waals surface area contributed by atoms with Gasteiger partial charge in [0.15, 0.2) is 5.65 Å². The zero-order valence-corrected chi connectivity index (χ0v) is 19.0. The topological polar surface area (TPSA) is 55.3 Å². The van der Waals surface area contributed by atoms with Gasteiger partial charge in [-0.15, -0.1) is 10.2 Å². The maximum atomic E-state index is 14.3. The van der Waals surface area contributed by atoms with Crippen LogP contribution in [0.15, 0.2) is 42.7 Å². The lowest BCUT2D eigenvalue weighted by Crippen LogP contribution is -2.20. The molecule has 1 atom stereocenters. The molecule has 8 heteroatoms. The second kappa shape index (κ2) is 7.83. The molecule has 2 fully saturated rings. The number of hydrogen-bond donors (Lipinski definition) is 1. The number of aliphatic hydroxyl groups excluding tert-OH is 1. The predicted molar refractivity (Wildman–Crippen MR) is 124 cm³/mol. The zero-order chi connectivity index (χ0) is 23.6. The smallest absolute Gasteiger partial charge is 0.393 e. The van der Waals surface area contributed by atoms with Crippen LogP contribution in [0.5, 0.6) is 0 Å². The summed E-state index contributed by atoms with van der Waals surface area (Å²) in [6, 6.07) is 9.31. The van der Waals surface area contributed by atoms with Gasteiger partial charge < -0.3 is 9.67 Å². The average molecular weight is 469 g/mol. The summed E-state index contributed by atoms with van der Waals surface area (Å²) < 4.78 is 46.7. The third-order valence-corrected chi connectivity index (χ3v) is 7.72. The number of pyridine rings is 1. The van der Waals surface area contributed by atoms with Crippen LogP contribution in [0.25, 0.3) is 27.7 Å². The van der Waals surface area contributed by atoms with E-state index in [4.69, 9.17) is 0 Å². The molecule has 178 valence electrons. The lowest BCUT2D eigenvalue weighted by atomic mass is 9.93. The van der Waals surface area contributed by atoms with Crippen LogP contribution in [-0.2, 0) is 6.18 Å². The van der Waals surface area contributed by atoms with E-state index in [1.807, 2.05) is 31.3 Å². The van der Waals surface area contributed by atoms with E-state index in [1.54, 1.807) is 18.3 Å². The summed E-state index contributed by atoms with van der Waals surface area (Å²) in [5, 5.41) is 18.9. The second-order valence-electron chi connectivity index (χ2n) is 9.94. The van der Waals surface area contributed by atoms with Gasteiger partial charge in [0.05, 0.1) is 6.10 Å². The predicted octanol–water partition coefficient (Wildman–Crippen LogP) is 6.36. The van der Waals surface area contributed by atoms with Crippen LogP contribution in [0.3, 0.4) is 0 Å². The van der Waals surface area contributed by atoms with Crippen molar-refractivity contribution in [3.8, 4) is 11.1 Å². The maximum absolute atomic E-state index is 14.3. The van der Waals surface area contributed by atoms with Gasteiger partial charge in [-0.25, -0.2) is 0 Å². The highest BCUT2D eigenvalue weighted by molar-refractivity contribution is 5.87. The van der Waals surface area contributed by atoms with E-state index < -0.39 is 11.7 Å². The van der Waals surface area contributed by atoms with Gasteiger partial charge in [-0.05, 0) is 79.8 Å². The second-order valence-corrected chi connectivity index (χ2v) is 9.94.